The molecule has 1 amide bonds. The molecule has 0 fully saturated rings. The average Bonchev–Trinajstić information content (AvgIpc) is 3.26. The summed E-state index contributed by atoms with van der Waals surface area (Å²) in [6, 6.07) is 23.7. The predicted octanol–water partition coefficient (Wildman–Crippen LogP) is 4.36. The van der Waals surface area contributed by atoms with Gasteiger partial charge in [0.05, 0.1) is 18.3 Å². The molecule has 7 heteroatoms. The van der Waals surface area contributed by atoms with E-state index in [9.17, 15) is 14.7 Å². The van der Waals surface area contributed by atoms with Crippen LogP contribution in [0, 0.1) is 0 Å². The van der Waals surface area contributed by atoms with Crippen LogP contribution in [0.1, 0.15) is 16.1 Å². The van der Waals surface area contributed by atoms with E-state index >= 15 is 0 Å². The molecule has 0 aliphatic carbocycles. The molecule has 0 bridgehead atoms. The summed E-state index contributed by atoms with van der Waals surface area (Å²) in [4.78, 5) is 23.5. The van der Waals surface area contributed by atoms with Gasteiger partial charge in [0.15, 0.2) is 0 Å². The number of benzene rings is 3. The van der Waals surface area contributed by atoms with Crippen LogP contribution in [0.5, 0.6) is 0 Å². The van der Waals surface area contributed by atoms with E-state index in [0.717, 1.165) is 16.5 Å². The molecule has 4 aromatic rings. The van der Waals surface area contributed by atoms with Crippen LogP contribution in [0.15, 0.2) is 88.4 Å². The topological polar surface area (TPSA) is 104 Å². The summed E-state index contributed by atoms with van der Waals surface area (Å²) in [6.45, 7) is 0.0563. The summed E-state index contributed by atoms with van der Waals surface area (Å²) in [5, 5.41) is 18.4. The minimum Gasteiger partial charge on any atom is -0.478 e. The second-order valence-corrected chi connectivity index (χ2v) is 6.73. The van der Waals surface area contributed by atoms with Crippen molar-refractivity contribution in [3.05, 3.63) is 90.2 Å². The summed E-state index contributed by atoms with van der Waals surface area (Å²) < 4.78 is 5.64. The second kappa shape index (κ2) is 8.96. The minimum absolute atomic E-state index is 0.0563. The Labute approximate surface area is 178 Å². The van der Waals surface area contributed by atoms with Crippen LogP contribution < -0.4 is 10.7 Å². The number of anilines is 1. The number of rotatable bonds is 7. The maximum Gasteiger partial charge on any atom is 0.336 e. The zero-order valence-corrected chi connectivity index (χ0v) is 16.4. The molecule has 0 saturated carbocycles. The fourth-order valence-electron chi connectivity index (χ4n) is 3.21. The normalized spacial score (nSPS) is 11.0. The van der Waals surface area contributed by atoms with Gasteiger partial charge in [-0.2, -0.15) is 5.10 Å². The van der Waals surface area contributed by atoms with Gasteiger partial charge in [0.1, 0.15) is 11.5 Å². The lowest BCUT2D eigenvalue weighted by atomic mass is 10.1. The molecule has 0 atom stereocenters. The summed E-state index contributed by atoms with van der Waals surface area (Å²) in [7, 11) is 0. The van der Waals surface area contributed by atoms with Crippen molar-refractivity contribution in [1.29, 1.82) is 0 Å². The fourth-order valence-corrected chi connectivity index (χ4v) is 3.21. The van der Waals surface area contributed by atoms with Crippen molar-refractivity contribution in [2.24, 2.45) is 5.10 Å². The first kappa shape index (κ1) is 19.9. The molecule has 1 heterocycles. The predicted molar refractivity (Wildman–Crippen MR) is 119 cm³/mol. The lowest BCUT2D eigenvalue weighted by Crippen LogP contribution is -2.25. The van der Waals surface area contributed by atoms with E-state index < -0.39 is 5.97 Å². The molecule has 1 aromatic heterocycles. The Morgan fingerprint density at radius 1 is 0.935 bits per heavy atom. The van der Waals surface area contributed by atoms with Gasteiger partial charge in [0, 0.05) is 16.6 Å². The van der Waals surface area contributed by atoms with Crippen LogP contribution in [0.4, 0.5) is 5.69 Å². The third kappa shape index (κ3) is 4.62. The molecule has 4 rings (SSSR count). The van der Waals surface area contributed by atoms with Gasteiger partial charge in [-0.3, -0.25) is 4.79 Å². The minimum atomic E-state index is -1.03. The number of furan rings is 1. The molecular formula is C24H19N3O4. The van der Waals surface area contributed by atoms with Gasteiger partial charge in [0.2, 0.25) is 0 Å². The number of amides is 1. The summed E-state index contributed by atoms with van der Waals surface area (Å²) in [5.74, 6) is -0.554. The first-order valence-corrected chi connectivity index (χ1v) is 9.58. The number of aromatic carboxylic acids is 1. The number of nitrogens with one attached hydrogen (secondary N) is 2. The molecule has 0 unspecified atom stereocenters. The van der Waals surface area contributed by atoms with Crippen LogP contribution in [0.25, 0.3) is 22.1 Å². The summed E-state index contributed by atoms with van der Waals surface area (Å²) in [5.41, 5.74) is 3.92. The Hall–Kier alpha value is -4.39. The lowest BCUT2D eigenvalue weighted by Gasteiger charge is -2.08. The number of hydrogen-bond acceptors (Lipinski definition) is 5. The highest BCUT2D eigenvalue weighted by atomic mass is 16.4. The highest BCUT2D eigenvalue weighted by molar-refractivity contribution is 5.96. The van der Waals surface area contributed by atoms with E-state index in [1.165, 1.54) is 12.3 Å². The van der Waals surface area contributed by atoms with Crippen molar-refractivity contribution >= 4 is 34.6 Å². The monoisotopic (exact) mass is 413 g/mol. The third-order valence-electron chi connectivity index (χ3n) is 4.66. The van der Waals surface area contributed by atoms with E-state index in [1.807, 2.05) is 42.5 Å². The van der Waals surface area contributed by atoms with Gasteiger partial charge in [-0.1, -0.05) is 54.6 Å². The van der Waals surface area contributed by atoms with Crippen molar-refractivity contribution in [2.45, 2.75) is 0 Å². The lowest BCUT2D eigenvalue weighted by molar-refractivity contribution is -0.119. The van der Waals surface area contributed by atoms with Crippen LogP contribution >= 0.6 is 0 Å². The number of carbonyl (C=O) groups is 2. The molecule has 0 aliphatic rings. The van der Waals surface area contributed by atoms with Crippen LogP contribution in [0.3, 0.4) is 0 Å². The third-order valence-corrected chi connectivity index (χ3v) is 4.66. The second-order valence-electron chi connectivity index (χ2n) is 6.73. The molecule has 7 nitrogen and oxygen atoms in total. The number of carbonyl (C=O) groups excluding carboxylic acids is 1. The van der Waals surface area contributed by atoms with Gasteiger partial charge in [-0.15, -0.1) is 0 Å². The van der Waals surface area contributed by atoms with E-state index in [2.05, 4.69) is 15.8 Å². The number of fused-ring (bicyclic) bond motifs is 1. The zero-order chi connectivity index (χ0) is 21.6. The Bertz CT molecular complexity index is 1270. The summed E-state index contributed by atoms with van der Waals surface area (Å²) >= 11 is 0. The molecule has 0 aliphatic heterocycles. The van der Waals surface area contributed by atoms with Gasteiger partial charge in [-0.05, 0) is 29.7 Å². The van der Waals surface area contributed by atoms with Crippen LogP contribution in [0.2, 0.25) is 0 Å². The van der Waals surface area contributed by atoms with Gasteiger partial charge >= 0.3 is 5.97 Å². The quantitative estimate of drug-likeness (QED) is 0.308. The zero-order valence-electron chi connectivity index (χ0n) is 16.4. The molecule has 154 valence electrons. The van der Waals surface area contributed by atoms with Crippen LogP contribution in [-0.2, 0) is 4.79 Å². The molecule has 31 heavy (non-hydrogen) atoms. The van der Waals surface area contributed by atoms with E-state index in [1.54, 1.807) is 30.3 Å². The van der Waals surface area contributed by atoms with Gasteiger partial charge < -0.3 is 14.8 Å². The average molecular weight is 413 g/mol. The first-order chi connectivity index (χ1) is 15.1. The molecule has 0 saturated heterocycles. The smallest absolute Gasteiger partial charge is 0.336 e. The van der Waals surface area contributed by atoms with E-state index in [4.69, 9.17) is 4.42 Å². The number of hydrogen-bond donors (Lipinski definition) is 3. The Morgan fingerprint density at radius 3 is 2.58 bits per heavy atom. The van der Waals surface area contributed by atoms with Crippen molar-refractivity contribution in [3.8, 4) is 11.3 Å². The molecule has 3 N–H and O–H groups in total. The number of carboxylic acid groups (broad SMARTS) is 1. The van der Waals surface area contributed by atoms with Crippen molar-refractivity contribution in [1.82, 2.24) is 5.43 Å². The molecule has 0 radical (unpaired) electrons. The molecule has 3 aromatic carbocycles. The Kier molecular flexibility index (Phi) is 5.75. The SMILES string of the molecule is O=C(CNc1cccc2ccccc12)N/N=C\c1ccc(-c2ccccc2C(=O)O)o1. The Morgan fingerprint density at radius 2 is 1.71 bits per heavy atom. The number of hydrazone groups is 1. The highest BCUT2D eigenvalue weighted by Crippen LogP contribution is 2.25. The fraction of sp³-hybridized carbons (Fsp3) is 0.0417. The maximum atomic E-state index is 12.1. The van der Waals surface area contributed by atoms with Crippen molar-refractivity contribution in [2.75, 3.05) is 11.9 Å². The van der Waals surface area contributed by atoms with E-state index in [-0.39, 0.29) is 18.0 Å². The number of carboxylic acids is 1. The van der Waals surface area contributed by atoms with Gasteiger partial charge in [-0.25, -0.2) is 10.2 Å². The van der Waals surface area contributed by atoms with Crippen LogP contribution in [-0.4, -0.2) is 29.7 Å². The van der Waals surface area contributed by atoms with Crippen molar-refractivity contribution < 1.29 is 19.1 Å². The van der Waals surface area contributed by atoms with Crippen molar-refractivity contribution in [3.63, 3.8) is 0 Å². The standard InChI is InChI=1S/C24H19N3O4/c28-23(15-25-21-11-5-7-16-6-1-2-8-18(16)21)27-26-14-17-12-13-22(31-17)19-9-3-4-10-20(19)24(29)30/h1-14,25H,15H2,(H,27,28)(H,29,30)/b26-14-. The Balaban J connectivity index is 1.36. The molecule has 0 spiro atoms. The maximum absolute atomic E-state index is 12.1. The highest BCUT2D eigenvalue weighted by Gasteiger charge is 2.13. The molecular weight excluding hydrogens is 394 g/mol. The summed E-state index contributed by atoms with van der Waals surface area (Å²) in [6.07, 6.45) is 1.36. The number of nitrogens with zero attached hydrogens (tertiary/aromatic N) is 1. The van der Waals surface area contributed by atoms with Gasteiger partial charge in [0.25, 0.3) is 5.91 Å². The van der Waals surface area contributed by atoms with E-state index in [0.29, 0.717) is 17.1 Å². The first-order valence-electron chi connectivity index (χ1n) is 9.58. The largest absolute Gasteiger partial charge is 0.478 e.